The summed E-state index contributed by atoms with van der Waals surface area (Å²) in [5.41, 5.74) is 5.86. The van der Waals surface area contributed by atoms with Crippen molar-refractivity contribution in [3.05, 3.63) is 96.1 Å². The zero-order valence-corrected chi connectivity index (χ0v) is 17.6. The van der Waals surface area contributed by atoms with Crippen molar-refractivity contribution in [2.75, 3.05) is 0 Å². The SMILES string of the molecule is Cc1cc2oc3cc(F)cc(F)c3c2cc1-c1n(-c2ccccc2)c2ccccc2[n+]1C. The topological polar surface area (TPSA) is 21.9 Å². The number of benzene rings is 4. The summed E-state index contributed by atoms with van der Waals surface area (Å²) in [5.74, 6) is -0.309. The highest BCUT2D eigenvalue weighted by molar-refractivity contribution is 6.07. The summed E-state index contributed by atoms with van der Waals surface area (Å²) in [6.45, 7) is 2.01. The van der Waals surface area contributed by atoms with E-state index in [1.807, 2.05) is 56.4 Å². The molecule has 0 aliphatic rings. The maximum atomic E-state index is 14.7. The Balaban J connectivity index is 1.75. The van der Waals surface area contributed by atoms with Gasteiger partial charge in [0.25, 0.3) is 5.82 Å². The third kappa shape index (κ3) is 2.61. The van der Waals surface area contributed by atoms with Crippen molar-refractivity contribution >= 4 is 33.0 Å². The molecule has 0 spiro atoms. The van der Waals surface area contributed by atoms with Crippen LogP contribution in [0.4, 0.5) is 8.78 Å². The van der Waals surface area contributed by atoms with Gasteiger partial charge in [0.1, 0.15) is 28.5 Å². The standard InChI is InChI=1S/C27H19F2N2O/c1-16-12-24-20(26-21(29)13-17(28)14-25(26)32-24)15-19(16)27-30(2)22-10-6-7-11-23(22)31(27)18-8-4-3-5-9-18/h3-15H,1-2H3/q+1. The Labute approximate surface area is 182 Å². The second kappa shape index (κ2) is 6.76. The molecule has 6 rings (SSSR count). The van der Waals surface area contributed by atoms with E-state index in [2.05, 4.69) is 33.4 Å². The Kier molecular flexibility index (Phi) is 3.96. The molecule has 2 heterocycles. The molecule has 32 heavy (non-hydrogen) atoms. The molecular weight excluding hydrogens is 406 g/mol. The Hall–Kier alpha value is -3.99. The highest BCUT2D eigenvalue weighted by atomic mass is 19.1. The molecule has 0 bridgehead atoms. The lowest BCUT2D eigenvalue weighted by Gasteiger charge is -2.07. The van der Waals surface area contributed by atoms with Crippen LogP contribution in [0.1, 0.15) is 5.56 Å². The van der Waals surface area contributed by atoms with Gasteiger partial charge in [0.2, 0.25) is 0 Å². The number of furan rings is 1. The van der Waals surface area contributed by atoms with Crippen molar-refractivity contribution in [3.63, 3.8) is 0 Å². The number of hydrogen-bond acceptors (Lipinski definition) is 1. The number of fused-ring (bicyclic) bond motifs is 4. The van der Waals surface area contributed by atoms with Crippen molar-refractivity contribution in [3.8, 4) is 17.1 Å². The summed E-state index contributed by atoms with van der Waals surface area (Å²) < 4.78 is 38.6. The smallest absolute Gasteiger partial charge is 0.295 e. The van der Waals surface area contributed by atoms with Crippen LogP contribution in [0.5, 0.6) is 0 Å². The van der Waals surface area contributed by atoms with Crippen LogP contribution in [0.3, 0.4) is 0 Å². The molecule has 0 unspecified atom stereocenters. The number of hydrogen-bond donors (Lipinski definition) is 0. The largest absolute Gasteiger partial charge is 0.456 e. The zero-order chi connectivity index (χ0) is 22.0. The predicted octanol–water partition coefficient (Wildman–Crippen LogP) is 6.61. The number of aryl methyl sites for hydroxylation is 2. The van der Waals surface area contributed by atoms with E-state index < -0.39 is 11.6 Å². The molecule has 156 valence electrons. The van der Waals surface area contributed by atoms with E-state index in [0.717, 1.165) is 39.7 Å². The molecule has 3 nitrogen and oxygen atoms in total. The quantitative estimate of drug-likeness (QED) is 0.286. The molecule has 0 radical (unpaired) electrons. The van der Waals surface area contributed by atoms with Gasteiger partial charge in [-0.15, -0.1) is 0 Å². The number of rotatable bonds is 2. The number of imidazole rings is 1. The monoisotopic (exact) mass is 425 g/mol. The van der Waals surface area contributed by atoms with E-state index >= 15 is 0 Å². The van der Waals surface area contributed by atoms with E-state index in [0.29, 0.717) is 16.4 Å². The first-order valence-corrected chi connectivity index (χ1v) is 10.4. The van der Waals surface area contributed by atoms with Crippen molar-refractivity contribution in [1.82, 2.24) is 4.57 Å². The summed E-state index contributed by atoms with van der Waals surface area (Å²) in [7, 11) is 2.03. The number of aromatic nitrogens is 2. The van der Waals surface area contributed by atoms with Crippen LogP contribution in [0.25, 0.3) is 50.0 Å². The molecule has 5 heteroatoms. The van der Waals surface area contributed by atoms with Crippen LogP contribution in [0, 0.1) is 18.6 Å². The first-order chi connectivity index (χ1) is 15.5. The summed E-state index contributed by atoms with van der Waals surface area (Å²) in [6, 6.07) is 24.4. The van der Waals surface area contributed by atoms with Gasteiger partial charge in [0.05, 0.1) is 18.0 Å². The van der Waals surface area contributed by atoms with Crippen molar-refractivity contribution in [2.24, 2.45) is 7.05 Å². The predicted molar refractivity (Wildman–Crippen MR) is 122 cm³/mol. The minimum absolute atomic E-state index is 0.210. The third-order valence-corrected chi connectivity index (χ3v) is 6.10. The van der Waals surface area contributed by atoms with Gasteiger partial charge in [-0.3, -0.25) is 0 Å². The Morgan fingerprint density at radius 1 is 0.844 bits per heavy atom. The second-order valence-electron chi connectivity index (χ2n) is 8.07. The summed E-state index contributed by atoms with van der Waals surface area (Å²) in [6.07, 6.45) is 0. The molecule has 0 atom stereocenters. The molecule has 0 aliphatic carbocycles. The molecular formula is C27H19F2N2O+. The highest BCUT2D eigenvalue weighted by Gasteiger charge is 2.28. The van der Waals surface area contributed by atoms with E-state index in [9.17, 15) is 8.78 Å². The molecule has 0 N–H and O–H groups in total. The lowest BCUT2D eigenvalue weighted by atomic mass is 10.0. The molecule has 0 saturated heterocycles. The Bertz CT molecular complexity index is 1660. The average Bonchev–Trinajstić information content (AvgIpc) is 3.28. The average molecular weight is 425 g/mol. The first-order valence-electron chi connectivity index (χ1n) is 10.4. The lowest BCUT2D eigenvalue weighted by molar-refractivity contribution is -0.633. The number of halogens is 2. The van der Waals surface area contributed by atoms with Crippen LogP contribution >= 0.6 is 0 Å². The number of para-hydroxylation sites is 3. The molecule has 0 saturated carbocycles. The fraction of sp³-hybridized carbons (Fsp3) is 0.0741. The molecule has 4 aromatic carbocycles. The molecule has 6 aromatic rings. The van der Waals surface area contributed by atoms with Crippen molar-refractivity contribution < 1.29 is 17.8 Å². The minimum Gasteiger partial charge on any atom is -0.456 e. The first kappa shape index (κ1) is 18.8. The fourth-order valence-electron chi connectivity index (χ4n) is 4.67. The maximum Gasteiger partial charge on any atom is 0.295 e. The van der Waals surface area contributed by atoms with E-state index in [-0.39, 0.29) is 5.58 Å². The molecule has 2 aromatic heterocycles. The van der Waals surface area contributed by atoms with Gasteiger partial charge >= 0.3 is 0 Å². The van der Waals surface area contributed by atoms with Crippen LogP contribution in [0.15, 0.2) is 83.3 Å². The van der Waals surface area contributed by atoms with Gasteiger partial charge < -0.3 is 4.42 Å². The van der Waals surface area contributed by atoms with Crippen LogP contribution in [-0.2, 0) is 7.05 Å². The molecule has 0 fully saturated rings. The van der Waals surface area contributed by atoms with Crippen molar-refractivity contribution in [1.29, 1.82) is 0 Å². The fourth-order valence-corrected chi connectivity index (χ4v) is 4.67. The van der Waals surface area contributed by atoms with Gasteiger partial charge in [-0.25, -0.2) is 13.3 Å². The number of nitrogens with zero attached hydrogens (tertiary/aromatic N) is 2. The van der Waals surface area contributed by atoms with Gasteiger partial charge in [0, 0.05) is 17.5 Å². The summed E-state index contributed by atoms with van der Waals surface area (Å²) >= 11 is 0. The van der Waals surface area contributed by atoms with E-state index in [4.69, 9.17) is 4.42 Å². The minimum atomic E-state index is -0.651. The van der Waals surface area contributed by atoms with Gasteiger partial charge in [-0.2, -0.15) is 4.57 Å². The summed E-state index contributed by atoms with van der Waals surface area (Å²) in [4.78, 5) is 0. The highest BCUT2D eigenvalue weighted by Crippen LogP contribution is 2.37. The van der Waals surface area contributed by atoms with Gasteiger partial charge in [0.15, 0.2) is 11.0 Å². The van der Waals surface area contributed by atoms with Crippen LogP contribution in [-0.4, -0.2) is 4.57 Å². The Morgan fingerprint density at radius 3 is 2.41 bits per heavy atom. The van der Waals surface area contributed by atoms with Crippen molar-refractivity contribution in [2.45, 2.75) is 6.92 Å². The molecule has 0 aliphatic heterocycles. The van der Waals surface area contributed by atoms with Crippen LogP contribution < -0.4 is 4.57 Å². The lowest BCUT2D eigenvalue weighted by Crippen LogP contribution is -2.30. The maximum absolute atomic E-state index is 14.7. The second-order valence-corrected chi connectivity index (χ2v) is 8.07. The van der Waals surface area contributed by atoms with Gasteiger partial charge in [-0.05, 0) is 48.9 Å². The summed E-state index contributed by atoms with van der Waals surface area (Å²) in [5, 5.41) is 0.927. The Morgan fingerprint density at radius 2 is 1.59 bits per heavy atom. The molecule has 0 amide bonds. The van der Waals surface area contributed by atoms with E-state index in [1.54, 1.807) is 0 Å². The van der Waals surface area contributed by atoms with E-state index in [1.165, 1.54) is 6.07 Å². The zero-order valence-electron chi connectivity index (χ0n) is 17.6. The van der Waals surface area contributed by atoms with Gasteiger partial charge in [-0.1, -0.05) is 30.3 Å². The normalized spacial score (nSPS) is 11.8. The van der Waals surface area contributed by atoms with Crippen LogP contribution in [0.2, 0.25) is 0 Å². The third-order valence-electron chi connectivity index (χ3n) is 6.10.